The van der Waals surface area contributed by atoms with E-state index in [-0.39, 0.29) is 18.5 Å². The molecule has 2 aromatic rings. The Balaban J connectivity index is 1.40. The van der Waals surface area contributed by atoms with Crippen LogP contribution in [0.4, 0.5) is 0 Å². The molecule has 1 aromatic carbocycles. The fraction of sp³-hybridized carbons (Fsp3) is 0.480. The molecule has 0 saturated carbocycles. The Labute approximate surface area is 188 Å². The molecule has 3 heterocycles. The SMILES string of the molecule is COc1ccc(C(=O)N2CCC3(CCCCc4ccccc4OCCOC3=O)CC2)cn1. The highest BCUT2D eigenvalue weighted by molar-refractivity contribution is 5.94. The van der Waals surface area contributed by atoms with Gasteiger partial charge < -0.3 is 19.1 Å². The summed E-state index contributed by atoms with van der Waals surface area (Å²) in [7, 11) is 1.54. The van der Waals surface area contributed by atoms with Crippen LogP contribution in [0.3, 0.4) is 0 Å². The predicted molar refractivity (Wildman–Crippen MR) is 119 cm³/mol. The topological polar surface area (TPSA) is 78.0 Å². The smallest absolute Gasteiger partial charge is 0.312 e. The summed E-state index contributed by atoms with van der Waals surface area (Å²) < 4.78 is 16.6. The number of hydrogen-bond acceptors (Lipinski definition) is 6. The van der Waals surface area contributed by atoms with Crippen LogP contribution in [0.2, 0.25) is 0 Å². The first-order valence-electron chi connectivity index (χ1n) is 11.3. The second-order valence-electron chi connectivity index (χ2n) is 8.46. The first-order chi connectivity index (χ1) is 15.6. The van der Waals surface area contributed by atoms with Crippen LogP contribution in [0.25, 0.3) is 0 Å². The van der Waals surface area contributed by atoms with Gasteiger partial charge >= 0.3 is 5.97 Å². The molecule has 0 N–H and O–H groups in total. The average Bonchev–Trinajstić information content (AvgIpc) is 2.84. The van der Waals surface area contributed by atoms with Gasteiger partial charge in [0, 0.05) is 25.4 Å². The number of cyclic esters (lactones) is 1. The van der Waals surface area contributed by atoms with Crippen LogP contribution >= 0.6 is 0 Å². The molecule has 2 aliphatic rings. The van der Waals surface area contributed by atoms with Gasteiger partial charge in [0.1, 0.15) is 19.0 Å². The van der Waals surface area contributed by atoms with Gasteiger partial charge in [0.2, 0.25) is 5.88 Å². The maximum absolute atomic E-state index is 13.1. The number of amides is 1. The van der Waals surface area contributed by atoms with E-state index in [1.807, 2.05) is 18.2 Å². The van der Waals surface area contributed by atoms with Gasteiger partial charge in [-0.2, -0.15) is 0 Å². The minimum absolute atomic E-state index is 0.0680. The van der Waals surface area contributed by atoms with Crippen molar-refractivity contribution in [1.29, 1.82) is 0 Å². The zero-order valence-corrected chi connectivity index (χ0v) is 18.5. The van der Waals surface area contributed by atoms with Crippen LogP contribution in [-0.2, 0) is 16.0 Å². The number of aryl methyl sites for hydroxylation is 1. The number of rotatable bonds is 2. The zero-order chi connectivity index (χ0) is 22.4. The quantitative estimate of drug-likeness (QED) is 0.666. The van der Waals surface area contributed by atoms with E-state index in [1.54, 1.807) is 24.1 Å². The number of benzene rings is 1. The Hall–Kier alpha value is -3.09. The minimum Gasteiger partial charge on any atom is -0.490 e. The van der Waals surface area contributed by atoms with Crippen molar-refractivity contribution < 1.29 is 23.8 Å². The molecule has 0 aliphatic carbocycles. The Morgan fingerprint density at radius 1 is 1.03 bits per heavy atom. The standard InChI is InChI=1S/C25H30N2O5/c1-30-22-10-9-20(18-26-22)23(28)27-14-12-25(13-15-27)11-5-4-7-19-6-2-3-8-21(19)31-16-17-32-24(25)29/h2-3,6,8-10,18H,4-5,7,11-17H2,1H3. The van der Waals surface area contributed by atoms with E-state index >= 15 is 0 Å². The number of ether oxygens (including phenoxy) is 3. The molecule has 7 nitrogen and oxygen atoms in total. The first-order valence-corrected chi connectivity index (χ1v) is 11.3. The number of fused-ring (bicyclic) bond motifs is 1. The molecule has 1 spiro atoms. The lowest BCUT2D eigenvalue weighted by Gasteiger charge is -2.40. The van der Waals surface area contributed by atoms with Crippen LogP contribution < -0.4 is 9.47 Å². The number of nitrogens with zero attached hydrogens (tertiary/aromatic N) is 2. The van der Waals surface area contributed by atoms with Crippen LogP contribution in [-0.4, -0.2) is 55.2 Å². The van der Waals surface area contributed by atoms with Gasteiger partial charge in [-0.3, -0.25) is 9.59 Å². The second-order valence-corrected chi connectivity index (χ2v) is 8.46. The maximum atomic E-state index is 13.1. The summed E-state index contributed by atoms with van der Waals surface area (Å²) in [4.78, 5) is 31.9. The largest absolute Gasteiger partial charge is 0.490 e. The number of carbonyl (C=O) groups is 2. The molecule has 4 rings (SSSR count). The number of esters is 1. The molecule has 170 valence electrons. The summed E-state index contributed by atoms with van der Waals surface area (Å²) >= 11 is 0. The van der Waals surface area contributed by atoms with Crippen LogP contribution in [0.1, 0.15) is 48.0 Å². The Kier molecular flexibility index (Phi) is 6.93. The number of hydrogen-bond donors (Lipinski definition) is 0. The monoisotopic (exact) mass is 438 g/mol. The number of para-hydroxylation sites is 1. The molecule has 7 heteroatoms. The molecular weight excluding hydrogens is 408 g/mol. The summed E-state index contributed by atoms with van der Waals surface area (Å²) in [5.41, 5.74) is 1.19. The van der Waals surface area contributed by atoms with Crippen molar-refractivity contribution in [3.63, 3.8) is 0 Å². The van der Waals surface area contributed by atoms with Gasteiger partial charge in [0.05, 0.1) is 18.1 Å². The van der Waals surface area contributed by atoms with E-state index in [1.165, 1.54) is 11.8 Å². The van der Waals surface area contributed by atoms with E-state index in [0.29, 0.717) is 44.0 Å². The van der Waals surface area contributed by atoms with Crippen molar-refractivity contribution in [2.45, 2.75) is 38.5 Å². The van der Waals surface area contributed by atoms with Crippen molar-refractivity contribution in [2.75, 3.05) is 33.4 Å². The Bertz CT molecular complexity index is 936. The third kappa shape index (κ3) is 4.87. The lowest BCUT2D eigenvalue weighted by Crippen LogP contribution is -2.47. The minimum atomic E-state index is -0.534. The highest BCUT2D eigenvalue weighted by Gasteiger charge is 2.43. The fourth-order valence-electron chi connectivity index (χ4n) is 4.57. The lowest BCUT2D eigenvalue weighted by atomic mass is 9.74. The third-order valence-electron chi connectivity index (χ3n) is 6.53. The lowest BCUT2D eigenvalue weighted by molar-refractivity contribution is -0.160. The molecule has 32 heavy (non-hydrogen) atoms. The molecule has 1 aromatic heterocycles. The van der Waals surface area contributed by atoms with Crippen molar-refractivity contribution in [1.82, 2.24) is 9.88 Å². The number of carbonyl (C=O) groups excluding carboxylic acids is 2. The van der Waals surface area contributed by atoms with Gasteiger partial charge in [0.25, 0.3) is 5.91 Å². The summed E-state index contributed by atoms with van der Waals surface area (Å²) in [5.74, 6) is 1.12. The van der Waals surface area contributed by atoms with E-state index in [4.69, 9.17) is 14.2 Å². The first kappa shape index (κ1) is 22.1. The number of likely N-dealkylation sites (tertiary alicyclic amines) is 1. The van der Waals surface area contributed by atoms with Crippen molar-refractivity contribution >= 4 is 11.9 Å². The fourth-order valence-corrected chi connectivity index (χ4v) is 4.57. The van der Waals surface area contributed by atoms with Gasteiger partial charge in [-0.05, 0) is 49.8 Å². The maximum Gasteiger partial charge on any atom is 0.312 e. The van der Waals surface area contributed by atoms with Crippen molar-refractivity contribution in [3.05, 3.63) is 53.7 Å². The summed E-state index contributed by atoms with van der Waals surface area (Å²) in [6.45, 7) is 1.63. The molecule has 1 saturated heterocycles. The average molecular weight is 439 g/mol. The number of pyridine rings is 1. The van der Waals surface area contributed by atoms with Crippen molar-refractivity contribution in [2.24, 2.45) is 5.41 Å². The molecular formula is C25H30N2O5. The van der Waals surface area contributed by atoms with Gasteiger partial charge in [-0.25, -0.2) is 4.98 Å². The van der Waals surface area contributed by atoms with E-state index < -0.39 is 5.41 Å². The summed E-state index contributed by atoms with van der Waals surface area (Å²) in [5, 5.41) is 0. The zero-order valence-electron chi connectivity index (χ0n) is 18.5. The molecule has 0 unspecified atom stereocenters. The van der Waals surface area contributed by atoms with Gasteiger partial charge in [0.15, 0.2) is 0 Å². The molecule has 1 fully saturated rings. The number of piperidine rings is 1. The highest BCUT2D eigenvalue weighted by Crippen LogP contribution is 2.39. The van der Waals surface area contributed by atoms with Crippen LogP contribution in [0.15, 0.2) is 42.6 Å². The van der Waals surface area contributed by atoms with Gasteiger partial charge in [-0.15, -0.1) is 0 Å². The van der Waals surface area contributed by atoms with Crippen LogP contribution in [0, 0.1) is 5.41 Å². The van der Waals surface area contributed by atoms with Gasteiger partial charge in [-0.1, -0.05) is 24.6 Å². The second kappa shape index (κ2) is 10.0. The number of methoxy groups -OCH3 is 1. The normalized spacial score (nSPS) is 19.0. The predicted octanol–water partition coefficient (Wildman–Crippen LogP) is 3.66. The summed E-state index contributed by atoms with van der Waals surface area (Å²) in [6.07, 6.45) is 6.37. The molecule has 0 bridgehead atoms. The summed E-state index contributed by atoms with van der Waals surface area (Å²) in [6, 6.07) is 11.5. The molecule has 1 amide bonds. The Morgan fingerprint density at radius 2 is 1.81 bits per heavy atom. The highest BCUT2D eigenvalue weighted by atomic mass is 16.6. The number of aromatic nitrogens is 1. The van der Waals surface area contributed by atoms with E-state index in [9.17, 15) is 9.59 Å². The van der Waals surface area contributed by atoms with E-state index in [2.05, 4.69) is 11.1 Å². The van der Waals surface area contributed by atoms with Crippen LogP contribution in [0.5, 0.6) is 11.6 Å². The van der Waals surface area contributed by atoms with E-state index in [0.717, 1.165) is 31.4 Å². The molecule has 2 aliphatic heterocycles. The molecule has 0 radical (unpaired) electrons. The molecule has 0 atom stereocenters. The van der Waals surface area contributed by atoms with Crippen molar-refractivity contribution in [3.8, 4) is 11.6 Å². The Morgan fingerprint density at radius 3 is 2.56 bits per heavy atom. The third-order valence-corrected chi connectivity index (χ3v) is 6.53.